The molecule has 0 aliphatic heterocycles. The fraction of sp³-hybridized carbons (Fsp3) is 0.818. The Balaban J connectivity index is 2.39. The van der Waals surface area contributed by atoms with Gasteiger partial charge in [0.2, 0.25) is 5.91 Å². The summed E-state index contributed by atoms with van der Waals surface area (Å²) in [5, 5.41) is 2.90. The Morgan fingerprint density at radius 1 is 1.50 bits per heavy atom. The highest BCUT2D eigenvalue weighted by atomic mass is 16.2. The summed E-state index contributed by atoms with van der Waals surface area (Å²) < 4.78 is 0. The fourth-order valence-electron chi connectivity index (χ4n) is 3.27. The van der Waals surface area contributed by atoms with E-state index in [1.165, 1.54) is 6.92 Å². The predicted molar refractivity (Wildman–Crippen MR) is 52.7 cm³/mol. The van der Waals surface area contributed by atoms with Gasteiger partial charge in [-0.3, -0.25) is 9.59 Å². The van der Waals surface area contributed by atoms with E-state index in [4.69, 9.17) is 0 Å². The summed E-state index contributed by atoms with van der Waals surface area (Å²) in [5.41, 5.74) is -0.612. The maximum absolute atomic E-state index is 11.9. The molecule has 1 N–H and O–H groups in total. The van der Waals surface area contributed by atoms with Gasteiger partial charge in [0.15, 0.2) is 5.78 Å². The van der Waals surface area contributed by atoms with Crippen molar-refractivity contribution in [3.8, 4) is 0 Å². The first-order chi connectivity index (χ1) is 6.40. The smallest absolute Gasteiger partial charge is 0.217 e. The molecule has 2 saturated carbocycles. The molecule has 0 aromatic heterocycles. The van der Waals surface area contributed by atoms with Crippen LogP contribution in [0.25, 0.3) is 0 Å². The normalized spacial score (nSPS) is 38.8. The van der Waals surface area contributed by atoms with Gasteiger partial charge < -0.3 is 5.32 Å². The number of hydrogen-bond donors (Lipinski definition) is 1. The second-order valence-electron chi connectivity index (χ2n) is 5.17. The maximum atomic E-state index is 11.9. The second kappa shape index (κ2) is 2.59. The van der Waals surface area contributed by atoms with E-state index >= 15 is 0 Å². The van der Waals surface area contributed by atoms with E-state index in [9.17, 15) is 9.59 Å². The van der Waals surface area contributed by atoms with Crippen LogP contribution in [0, 0.1) is 11.3 Å². The minimum atomic E-state index is -0.552. The van der Waals surface area contributed by atoms with Crippen LogP contribution < -0.4 is 5.32 Å². The van der Waals surface area contributed by atoms with Crippen LogP contribution in [-0.4, -0.2) is 17.2 Å². The Labute approximate surface area is 84.2 Å². The molecule has 0 spiro atoms. The zero-order chi connectivity index (χ0) is 10.6. The highest BCUT2D eigenvalue weighted by Crippen LogP contribution is 2.58. The van der Waals surface area contributed by atoms with Gasteiger partial charge in [-0.05, 0) is 24.2 Å². The van der Waals surface area contributed by atoms with Crippen LogP contribution in [0.2, 0.25) is 0 Å². The Morgan fingerprint density at radius 2 is 2.14 bits per heavy atom. The van der Waals surface area contributed by atoms with Crippen molar-refractivity contribution in [2.24, 2.45) is 11.3 Å². The minimum Gasteiger partial charge on any atom is -0.343 e. The highest BCUT2D eigenvalue weighted by Gasteiger charge is 2.64. The van der Waals surface area contributed by atoms with E-state index in [1.807, 2.05) is 0 Å². The van der Waals surface area contributed by atoms with Crippen molar-refractivity contribution in [2.45, 2.75) is 45.6 Å². The molecule has 0 saturated heterocycles. The van der Waals surface area contributed by atoms with Crippen LogP contribution in [0.1, 0.15) is 40.0 Å². The number of Topliss-reactive ketones (excluding diaryl/α,β-unsaturated/α-hetero) is 1. The number of nitrogens with one attached hydrogen (secondary N) is 1. The summed E-state index contributed by atoms with van der Waals surface area (Å²) in [6.07, 6.45) is 2.54. The van der Waals surface area contributed by atoms with E-state index in [0.717, 1.165) is 12.8 Å². The Morgan fingerprint density at radius 3 is 2.50 bits per heavy atom. The van der Waals surface area contributed by atoms with Crippen molar-refractivity contribution in [1.29, 1.82) is 0 Å². The lowest BCUT2D eigenvalue weighted by molar-refractivity contribution is -0.132. The number of amides is 1. The molecule has 0 heterocycles. The van der Waals surface area contributed by atoms with Crippen LogP contribution in [0.4, 0.5) is 0 Å². The van der Waals surface area contributed by atoms with Gasteiger partial charge in [0.05, 0.1) is 0 Å². The third kappa shape index (κ3) is 0.928. The summed E-state index contributed by atoms with van der Waals surface area (Å²) in [4.78, 5) is 23.0. The average Bonchev–Trinajstić information content (AvgIpc) is 2.36. The Bertz CT molecular complexity index is 308. The van der Waals surface area contributed by atoms with Crippen LogP contribution in [0.3, 0.4) is 0 Å². The quantitative estimate of drug-likeness (QED) is 0.685. The number of carbonyl (C=O) groups excluding carboxylic acids is 2. The maximum Gasteiger partial charge on any atom is 0.217 e. The van der Waals surface area contributed by atoms with Gasteiger partial charge in [0.1, 0.15) is 5.54 Å². The van der Waals surface area contributed by atoms with Crippen molar-refractivity contribution >= 4 is 11.7 Å². The summed E-state index contributed by atoms with van der Waals surface area (Å²) in [7, 11) is 0. The fourth-order valence-corrected chi connectivity index (χ4v) is 3.27. The molecule has 1 amide bonds. The summed E-state index contributed by atoms with van der Waals surface area (Å²) in [6.45, 7) is 5.70. The average molecular weight is 195 g/mol. The number of hydrogen-bond acceptors (Lipinski definition) is 2. The molecule has 2 atom stereocenters. The Hall–Kier alpha value is -0.860. The van der Waals surface area contributed by atoms with E-state index < -0.39 is 5.54 Å². The van der Waals surface area contributed by atoms with Gasteiger partial charge in [-0.25, -0.2) is 0 Å². The second-order valence-corrected chi connectivity index (χ2v) is 5.17. The highest BCUT2D eigenvalue weighted by molar-refractivity contribution is 5.96. The molecule has 2 rings (SSSR count). The molecular weight excluding hydrogens is 178 g/mol. The molecule has 2 fully saturated rings. The molecule has 0 radical (unpaired) electrons. The summed E-state index contributed by atoms with van der Waals surface area (Å²) in [6, 6.07) is 0. The van der Waals surface area contributed by atoms with Gasteiger partial charge >= 0.3 is 0 Å². The number of rotatable bonds is 1. The minimum absolute atomic E-state index is 0.0598. The molecular formula is C11H17NO2. The third-order valence-corrected chi connectivity index (χ3v) is 4.29. The van der Waals surface area contributed by atoms with Crippen LogP contribution in [0.5, 0.6) is 0 Å². The number of ketones is 1. The molecule has 2 bridgehead atoms. The SMILES string of the molecule is CC(=O)N[C@]12CC[C@H](CC1=O)C2(C)C. The van der Waals surface area contributed by atoms with E-state index in [2.05, 4.69) is 19.2 Å². The van der Waals surface area contributed by atoms with Crippen LogP contribution in [-0.2, 0) is 9.59 Å². The summed E-state index contributed by atoms with van der Waals surface area (Å²) in [5.74, 6) is 0.602. The zero-order valence-electron chi connectivity index (χ0n) is 9.02. The zero-order valence-corrected chi connectivity index (χ0v) is 9.02. The molecule has 14 heavy (non-hydrogen) atoms. The van der Waals surface area contributed by atoms with E-state index in [0.29, 0.717) is 12.3 Å². The summed E-state index contributed by atoms with van der Waals surface area (Å²) >= 11 is 0. The lowest BCUT2D eigenvalue weighted by Crippen LogP contribution is -2.57. The van der Waals surface area contributed by atoms with E-state index in [-0.39, 0.29) is 17.1 Å². The Kier molecular flexibility index (Phi) is 1.79. The van der Waals surface area contributed by atoms with E-state index in [1.54, 1.807) is 0 Å². The van der Waals surface area contributed by atoms with Crippen molar-refractivity contribution in [3.05, 3.63) is 0 Å². The largest absolute Gasteiger partial charge is 0.343 e. The van der Waals surface area contributed by atoms with Crippen molar-refractivity contribution in [2.75, 3.05) is 0 Å². The number of carbonyl (C=O) groups is 2. The molecule has 3 heteroatoms. The van der Waals surface area contributed by atoms with Crippen molar-refractivity contribution < 1.29 is 9.59 Å². The molecule has 2 aliphatic rings. The lowest BCUT2D eigenvalue weighted by atomic mass is 9.76. The first-order valence-corrected chi connectivity index (χ1v) is 5.22. The molecule has 0 aromatic rings. The van der Waals surface area contributed by atoms with Crippen molar-refractivity contribution in [1.82, 2.24) is 5.32 Å². The van der Waals surface area contributed by atoms with Crippen LogP contribution >= 0.6 is 0 Å². The first kappa shape index (κ1) is 9.69. The standard InChI is InChI=1S/C11H17NO2/c1-7(13)12-11-5-4-8(6-9(11)14)10(11,2)3/h8H,4-6H2,1-3H3,(H,12,13)/t8-,11-/m1/s1. The number of fused-ring (bicyclic) bond motifs is 2. The van der Waals surface area contributed by atoms with Gasteiger partial charge in [-0.2, -0.15) is 0 Å². The molecule has 78 valence electrons. The van der Waals surface area contributed by atoms with Gasteiger partial charge in [-0.1, -0.05) is 13.8 Å². The monoisotopic (exact) mass is 195 g/mol. The predicted octanol–water partition coefficient (Wildman–Crippen LogP) is 1.27. The van der Waals surface area contributed by atoms with Gasteiger partial charge in [0, 0.05) is 13.3 Å². The topological polar surface area (TPSA) is 46.2 Å². The molecule has 0 unspecified atom stereocenters. The third-order valence-electron chi connectivity index (χ3n) is 4.29. The van der Waals surface area contributed by atoms with Gasteiger partial charge in [-0.15, -0.1) is 0 Å². The van der Waals surface area contributed by atoms with Crippen LogP contribution in [0.15, 0.2) is 0 Å². The molecule has 0 aromatic carbocycles. The molecule has 3 nitrogen and oxygen atoms in total. The van der Waals surface area contributed by atoms with Gasteiger partial charge in [0.25, 0.3) is 0 Å². The molecule has 2 aliphatic carbocycles. The lowest BCUT2D eigenvalue weighted by Gasteiger charge is -2.36. The first-order valence-electron chi connectivity index (χ1n) is 5.22. The van der Waals surface area contributed by atoms with Crippen molar-refractivity contribution in [3.63, 3.8) is 0 Å².